The van der Waals surface area contributed by atoms with E-state index in [1.807, 2.05) is 0 Å². The van der Waals surface area contributed by atoms with Gasteiger partial charge >= 0.3 is 0 Å². The molecule has 0 radical (unpaired) electrons. The lowest BCUT2D eigenvalue weighted by Gasteiger charge is -2.38. The lowest BCUT2D eigenvalue weighted by atomic mass is 9.75. The monoisotopic (exact) mass is 475 g/mol. The Bertz CT molecular complexity index is 1150. The van der Waals surface area contributed by atoms with Gasteiger partial charge < -0.3 is 5.73 Å². The van der Waals surface area contributed by atoms with E-state index in [0.717, 1.165) is 4.34 Å². The highest BCUT2D eigenvalue weighted by Crippen LogP contribution is 2.49. The normalized spacial score (nSPS) is 19.2. The third kappa shape index (κ3) is 3.84. The van der Waals surface area contributed by atoms with Gasteiger partial charge in [0.25, 0.3) is 0 Å². The predicted molar refractivity (Wildman–Crippen MR) is 120 cm³/mol. The van der Waals surface area contributed by atoms with Crippen molar-refractivity contribution >= 4 is 45.6 Å². The lowest BCUT2D eigenvalue weighted by Crippen LogP contribution is -2.39. The second kappa shape index (κ2) is 8.61. The SMILES string of the molecule is CC(C)Sc1nnc(N2C(N)=C(C#N)C(c3c(F)cccc3Cl)C3=C2CCCC3=O)s1. The van der Waals surface area contributed by atoms with E-state index < -0.39 is 11.7 Å². The molecule has 10 heteroatoms. The maximum atomic E-state index is 14.9. The Labute approximate surface area is 192 Å². The number of carbonyl (C=O) groups is 1. The number of hydrogen-bond donors (Lipinski definition) is 1. The van der Waals surface area contributed by atoms with Crippen LogP contribution in [-0.4, -0.2) is 21.2 Å². The first-order chi connectivity index (χ1) is 14.8. The smallest absolute Gasteiger partial charge is 0.219 e. The standard InChI is InChI=1S/C21H19ClFN5OS2/c1-10(2)30-21-27-26-20(31-21)28-14-7-4-8-15(29)18(14)16(11(9-24)19(28)25)17-12(22)5-3-6-13(17)23/h3,5-6,10,16H,4,7-8,25H2,1-2H3. The van der Waals surface area contributed by atoms with Crippen LogP contribution in [0.2, 0.25) is 5.02 Å². The molecule has 2 N–H and O–H groups in total. The van der Waals surface area contributed by atoms with Gasteiger partial charge in [-0.1, -0.05) is 54.6 Å². The third-order valence-electron chi connectivity index (χ3n) is 5.13. The summed E-state index contributed by atoms with van der Waals surface area (Å²) < 4.78 is 15.6. The average molecular weight is 476 g/mol. The second-order valence-electron chi connectivity index (χ2n) is 7.47. The molecule has 1 aliphatic heterocycles. The molecule has 0 amide bonds. The second-order valence-corrected chi connectivity index (χ2v) is 10.7. The maximum absolute atomic E-state index is 14.9. The van der Waals surface area contributed by atoms with Gasteiger partial charge in [0.15, 0.2) is 10.1 Å². The first kappa shape index (κ1) is 21.8. The molecule has 2 aromatic rings. The molecule has 1 atom stereocenters. The van der Waals surface area contributed by atoms with Crippen molar-refractivity contribution in [1.29, 1.82) is 5.26 Å². The number of aromatic nitrogens is 2. The minimum atomic E-state index is -0.949. The largest absolute Gasteiger partial charge is 0.384 e. The molecule has 0 saturated heterocycles. The molecule has 1 aliphatic carbocycles. The van der Waals surface area contributed by atoms with E-state index in [9.17, 15) is 14.4 Å². The van der Waals surface area contributed by atoms with Crippen LogP contribution in [0.4, 0.5) is 9.52 Å². The number of Topliss-reactive ketones (excluding diaryl/α,β-unsaturated/α-hetero) is 1. The summed E-state index contributed by atoms with van der Waals surface area (Å²) in [5.74, 6) is -1.55. The number of nitriles is 1. The van der Waals surface area contributed by atoms with Crippen molar-refractivity contribution in [2.75, 3.05) is 4.90 Å². The molecule has 31 heavy (non-hydrogen) atoms. The van der Waals surface area contributed by atoms with Crippen LogP contribution in [0.5, 0.6) is 0 Å². The first-order valence-corrected chi connectivity index (χ1v) is 11.8. The summed E-state index contributed by atoms with van der Waals surface area (Å²) in [5.41, 5.74) is 7.63. The van der Waals surface area contributed by atoms with Gasteiger partial charge in [0.1, 0.15) is 11.6 Å². The summed E-state index contributed by atoms with van der Waals surface area (Å²) in [5, 5.41) is 19.4. The number of ketones is 1. The van der Waals surface area contributed by atoms with E-state index in [0.29, 0.717) is 40.9 Å². The Morgan fingerprint density at radius 3 is 2.84 bits per heavy atom. The summed E-state index contributed by atoms with van der Waals surface area (Å²) in [4.78, 5) is 14.7. The zero-order valence-corrected chi connectivity index (χ0v) is 19.2. The van der Waals surface area contributed by atoms with Gasteiger partial charge in [-0.25, -0.2) is 4.39 Å². The lowest BCUT2D eigenvalue weighted by molar-refractivity contribution is -0.116. The van der Waals surface area contributed by atoms with Crippen LogP contribution in [0.3, 0.4) is 0 Å². The Balaban J connectivity index is 1.93. The minimum Gasteiger partial charge on any atom is -0.384 e. The molecule has 160 valence electrons. The van der Waals surface area contributed by atoms with Crippen LogP contribution in [0.15, 0.2) is 45.2 Å². The van der Waals surface area contributed by atoms with Crippen LogP contribution in [-0.2, 0) is 4.79 Å². The summed E-state index contributed by atoms with van der Waals surface area (Å²) in [7, 11) is 0. The van der Waals surface area contributed by atoms with E-state index >= 15 is 0 Å². The Morgan fingerprint density at radius 1 is 1.39 bits per heavy atom. The Morgan fingerprint density at radius 2 is 2.16 bits per heavy atom. The molecule has 6 nitrogen and oxygen atoms in total. The van der Waals surface area contributed by atoms with Crippen molar-refractivity contribution in [2.45, 2.75) is 48.6 Å². The molecular weight excluding hydrogens is 457 g/mol. The van der Waals surface area contributed by atoms with Gasteiger partial charge in [-0.3, -0.25) is 9.69 Å². The third-order valence-corrected chi connectivity index (χ3v) is 7.45. The quantitative estimate of drug-likeness (QED) is 0.612. The number of hydrogen-bond acceptors (Lipinski definition) is 8. The first-order valence-electron chi connectivity index (χ1n) is 9.73. The number of allylic oxidation sites excluding steroid dienone is 3. The van der Waals surface area contributed by atoms with E-state index in [1.54, 1.807) is 22.7 Å². The van der Waals surface area contributed by atoms with E-state index in [2.05, 4.69) is 30.1 Å². The number of benzene rings is 1. The molecule has 0 spiro atoms. The van der Waals surface area contributed by atoms with Crippen molar-refractivity contribution in [3.8, 4) is 6.07 Å². The minimum absolute atomic E-state index is 0.0780. The van der Waals surface area contributed by atoms with Gasteiger partial charge in [0.05, 0.1) is 17.6 Å². The van der Waals surface area contributed by atoms with Crippen LogP contribution in [0.25, 0.3) is 0 Å². The van der Waals surface area contributed by atoms with Gasteiger partial charge in [-0.05, 0) is 25.0 Å². The Kier molecular flexibility index (Phi) is 6.06. The van der Waals surface area contributed by atoms with Crippen LogP contribution < -0.4 is 10.6 Å². The Hall–Kier alpha value is -2.41. The molecular formula is C21H19ClFN5OS2. The molecule has 1 aromatic heterocycles. The predicted octanol–water partition coefficient (Wildman–Crippen LogP) is 5.14. The van der Waals surface area contributed by atoms with E-state index in [-0.39, 0.29) is 27.8 Å². The zero-order valence-electron chi connectivity index (χ0n) is 16.9. The number of nitrogens with two attached hydrogens (primary N) is 1. The maximum Gasteiger partial charge on any atom is 0.219 e. The highest BCUT2D eigenvalue weighted by molar-refractivity contribution is 8.01. The van der Waals surface area contributed by atoms with Gasteiger partial charge in [0.2, 0.25) is 5.13 Å². The fourth-order valence-corrected chi connectivity index (χ4v) is 6.30. The number of rotatable bonds is 4. The fourth-order valence-electron chi connectivity index (χ4n) is 3.92. The summed E-state index contributed by atoms with van der Waals surface area (Å²) >= 11 is 9.24. The zero-order chi connectivity index (χ0) is 22.3. The number of carbonyl (C=O) groups excluding carboxylic acids is 1. The molecule has 0 saturated carbocycles. The van der Waals surface area contributed by atoms with Gasteiger partial charge in [-0.2, -0.15) is 5.26 Å². The molecule has 2 heterocycles. The molecule has 1 unspecified atom stereocenters. The summed E-state index contributed by atoms with van der Waals surface area (Å²) in [6, 6.07) is 6.41. The van der Waals surface area contributed by atoms with Crippen molar-refractivity contribution in [1.82, 2.24) is 10.2 Å². The average Bonchev–Trinajstić information content (AvgIpc) is 3.15. The number of nitrogens with zero attached hydrogens (tertiary/aromatic N) is 4. The van der Waals surface area contributed by atoms with Crippen LogP contribution in [0.1, 0.15) is 44.6 Å². The molecule has 0 bridgehead atoms. The number of halogens is 2. The topological polar surface area (TPSA) is 95.9 Å². The summed E-state index contributed by atoms with van der Waals surface area (Å²) in [6.45, 7) is 4.11. The van der Waals surface area contributed by atoms with Crippen molar-refractivity contribution in [3.63, 3.8) is 0 Å². The molecule has 4 rings (SSSR count). The number of thioether (sulfide) groups is 1. The highest BCUT2D eigenvalue weighted by Gasteiger charge is 2.42. The highest BCUT2D eigenvalue weighted by atomic mass is 35.5. The van der Waals surface area contributed by atoms with Crippen molar-refractivity contribution in [3.05, 3.63) is 57.3 Å². The van der Waals surface area contributed by atoms with Crippen molar-refractivity contribution < 1.29 is 9.18 Å². The fraction of sp³-hybridized carbons (Fsp3) is 0.333. The summed E-state index contributed by atoms with van der Waals surface area (Å²) in [6.07, 6.45) is 1.50. The van der Waals surface area contributed by atoms with Gasteiger partial charge in [-0.15, -0.1) is 10.2 Å². The molecule has 0 fully saturated rings. The van der Waals surface area contributed by atoms with E-state index in [4.69, 9.17) is 17.3 Å². The van der Waals surface area contributed by atoms with Crippen LogP contribution in [0, 0.1) is 17.1 Å². The number of anilines is 1. The van der Waals surface area contributed by atoms with Crippen molar-refractivity contribution in [2.24, 2.45) is 5.73 Å². The van der Waals surface area contributed by atoms with Crippen LogP contribution >= 0.6 is 34.7 Å². The molecule has 1 aromatic carbocycles. The van der Waals surface area contributed by atoms with E-state index in [1.165, 1.54) is 23.5 Å². The molecule has 2 aliphatic rings. The van der Waals surface area contributed by atoms with Gasteiger partial charge in [0, 0.05) is 33.5 Å².